The second kappa shape index (κ2) is 15.2. The lowest BCUT2D eigenvalue weighted by Gasteiger charge is -2.25. The Balaban J connectivity index is 1.97. The highest BCUT2D eigenvalue weighted by Crippen LogP contribution is 2.20. The van der Waals surface area contributed by atoms with E-state index >= 15 is 0 Å². The van der Waals surface area contributed by atoms with Crippen molar-refractivity contribution in [1.82, 2.24) is 0 Å². The predicted molar refractivity (Wildman–Crippen MR) is 132 cm³/mol. The number of rotatable bonds is 16. The van der Waals surface area contributed by atoms with E-state index in [9.17, 15) is 10.1 Å². The number of nitro benzene ring substituents is 1. The number of nitro groups is 1. The van der Waals surface area contributed by atoms with Gasteiger partial charge in [-0.15, -0.1) is 0 Å². The van der Waals surface area contributed by atoms with Crippen LogP contribution >= 0.6 is 0 Å². The van der Waals surface area contributed by atoms with Crippen molar-refractivity contribution in [2.75, 3.05) is 31.2 Å². The Hall–Kier alpha value is -2.70. The lowest BCUT2D eigenvalue weighted by molar-refractivity contribution is -0.384. The van der Waals surface area contributed by atoms with E-state index < -0.39 is 0 Å². The number of nitrogens with zero attached hydrogens (tertiary/aromatic N) is 2. The van der Waals surface area contributed by atoms with Crippen LogP contribution in [0.2, 0.25) is 0 Å². The van der Waals surface area contributed by atoms with Crippen LogP contribution in [0.15, 0.2) is 48.5 Å². The maximum Gasteiger partial charge on any atom is 0.270 e. The van der Waals surface area contributed by atoms with Crippen molar-refractivity contribution in [3.63, 3.8) is 0 Å². The molecule has 0 radical (unpaired) electrons. The molecule has 0 fully saturated rings. The monoisotopic (exact) mass is 440 g/mol. The van der Waals surface area contributed by atoms with Gasteiger partial charge < -0.3 is 15.1 Å². The van der Waals surface area contributed by atoms with Crippen molar-refractivity contribution >= 4 is 23.5 Å². The molecule has 2 aromatic rings. The van der Waals surface area contributed by atoms with Gasteiger partial charge in [0.1, 0.15) is 0 Å². The standard InChI is InChI=1S/C26H36N2O4/c29-20-7-3-1-5-18-27(19-6-2-4-8-21-30)25-16-14-23(15-17-25)12-13-24-10-9-11-26(22-24)28(31)32/h9-17,22,29-30H,1-8,18-21H2. The van der Waals surface area contributed by atoms with Crippen molar-refractivity contribution in [3.8, 4) is 0 Å². The van der Waals surface area contributed by atoms with E-state index in [4.69, 9.17) is 10.2 Å². The van der Waals surface area contributed by atoms with Crippen LogP contribution in [0.25, 0.3) is 12.2 Å². The number of hydrogen-bond acceptors (Lipinski definition) is 5. The molecule has 0 saturated carbocycles. The molecule has 32 heavy (non-hydrogen) atoms. The Bertz CT molecular complexity index is 807. The lowest BCUT2D eigenvalue weighted by atomic mass is 10.1. The van der Waals surface area contributed by atoms with Crippen molar-refractivity contribution in [2.24, 2.45) is 0 Å². The van der Waals surface area contributed by atoms with Crippen LogP contribution in [0, 0.1) is 10.1 Å². The Kier molecular flexibility index (Phi) is 12.1. The number of hydrogen-bond donors (Lipinski definition) is 2. The minimum absolute atomic E-state index is 0.0936. The molecular weight excluding hydrogens is 404 g/mol. The lowest BCUT2D eigenvalue weighted by Crippen LogP contribution is -2.25. The third kappa shape index (κ3) is 9.62. The Morgan fingerprint density at radius 2 is 1.31 bits per heavy atom. The maximum absolute atomic E-state index is 10.9. The van der Waals surface area contributed by atoms with Gasteiger partial charge in [-0.25, -0.2) is 0 Å². The molecule has 0 amide bonds. The first-order valence-electron chi connectivity index (χ1n) is 11.6. The van der Waals surface area contributed by atoms with E-state index in [1.165, 1.54) is 11.8 Å². The van der Waals surface area contributed by atoms with E-state index in [0.717, 1.165) is 75.6 Å². The summed E-state index contributed by atoms with van der Waals surface area (Å²) in [4.78, 5) is 13.0. The molecule has 0 bridgehead atoms. The van der Waals surface area contributed by atoms with Gasteiger partial charge in [0.25, 0.3) is 5.69 Å². The number of non-ortho nitro benzene ring substituents is 1. The highest BCUT2D eigenvalue weighted by Gasteiger charge is 2.07. The number of aliphatic hydroxyl groups is 2. The van der Waals surface area contributed by atoms with Crippen LogP contribution in [-0.2, 0) is 0 Å². The molecular formula is C26H36N2O4. The third-order valence-corrected chi connectivity index (χ3v) is 5.48. The van der Waals surface area contributed by atoms with E-state index in [0.29, 0.717) is 0 Å². The highest BCUT2D eigenvalue weighted by atomic mass is 16.6. The first kappa shape index (κ1) is 25.6. The van der Waals surface area contributed by atoms with Gasteiger partial charge in [0.15, 0.2) is 0 Å². The van der Waals surface area contributed by atoms with Gasteiger partial charge in [0, 0.05) is 44.1 Å². The van der Waals surface area contributed by atoms with Crippen LogP contribution in [0.1, 0.15) is 62.5 Å². The summed E-state index contributed by atoms with van der Waals surface area (Å²) in [6.45, 7) is 2.52. The van der Waals surface area contributed by atoms with E-state index in [1.54, 1.807) is 12.1 Å². The molecule has 2 N–H and O–H groups in total. The third-order valence-electron chi connectivity index (χ3n) is 5.48. The maximum atomic E-state index is 10.9. The molecule has 2 aromatic carbocycles. The predicted octanol–water partition coefficient (Wildman–Crippen LogP) is 5.68. The summed E-state index contributed by atoms with van der Waals surface area (Å²) in [5.41, 5.74) is 3.14. The van der Waals surface area contributed by atoms with Crippen molar-refractivity contribution in [1.29, 1.82) is 0 Å². The minimum Gasteiger partial charge on any atom is -0.396 e. The summed E-state index contributed by atoms with van der Waals surface area (Å²) in [5.74, 6) is 0. The molecule has 174 valence electrons. The number of aliphatic hydroxyl groups excluding tert-OH is 2. The molecule has 0 heterocycles. The first-order chi connectivity index (χ1) is 15.6. The quantitative estimate of drug-likeness (QED) is 0.152. The molecule has 0 saturated heterocycles. The summed E-state index contributed by atoms with van der Waals surface area (Å²) in [5, 5.41) is 28.8. The SMILES string of the molecule is O=[N+]([O-])c1cccc(C=Cc2ccc(N(CCCCCCO)CCCCCCO)cc2)c1. The first-order valence-corrected chi connectivity index (χ1v) is 11.6. The second-order valence-electron chi connectivity index (χ2n) is 8.04. The minimum atomic E-state index is -0.381. The van der Waals surface area contributed by atoms with Crippen LogP contribution < -0.4 is 4.90 Å². The van der Waals surface area contributed by atoms with Crippen LogP contribution in [0.4, 0.5) is 11.4 Å². The normalized spacial score (nSPS) is 11.2. The Morgan fingerprint density at radius 1 is 0.750 bits per heavy atom. The summed E-state index contributed by atoms with van der Waals surface area (Å²) in [7, 11) is 0. The van der Waals surface area contributed by atoms with Crippen LogP contribution in [0.3, 0.4) is 0 Å². The van der Waals surface area contributed by atoms with Gasteiger partial charge in [-0.3, -0.25) is 10.1 Å². The van der Waals surface area contributed by atoms with E-state index in [1.807, 2.05) is 18.2 Å². The fraction of sp³-hybridized carbons (Fsp3) is 0.462. The van der Waals surface area contributed by atoms with Crippen molar-refractivity contribution in [2.45, 2.75) is 51.4 Å². The molecule has 6 nitrogen and oxygen atoms in total. The Morgan fingerprint density at radius 3 is 1.88 bits per heavy atom. The second-order valence-corrected chi connectivity index (χ2v) is 8.04. The molecule has 2 rings (SSSR count). The summed E-state index contributed by atoms with van der Waals surface area (Å²) >= 11 is 0. The molecule has 6 heteroatoms. The molecule has 0 atom stereocenters. The number of anilines is 1. The van der Waals surface area contributed by atoms with Gasteiger partial charge in [-0.1, -0.05) is 62.1 Å². The zero-order valence-corrected chi connectivity index (χ0v) is 18.9. The smallest absolute Gasteiger partial charge is 0.270 e. The Labute approximate surface area is 191 Å². The zero-order chi connectivity index (χ0) is 23.0. The van der Waals surface area contributed by atoms with E-state index in [-0.39, 0.29) is 23.8 Å². The van der Waals surface area contributed by atoms with Gasteiger partial charge >= 0.3 is 0 Å². The average Bonchev–Trinajstić information content (AvgIpc) is 2.81. The van der Waals surface area contributed by atoms with Crippen LogP contribution in [-0.4, -0.2) is 41.4 Å². The fourth-order valence-corrected chi connectivity index (χ4v) is 3.64. The molecule has 0 aromatic heterocycles. The largest absolute Gasteiger partial charge is 0.396 e. The number of benzene rings is 2. The van der Waals surface area contributed by atoms with E-state index in [2.05, 4.69) is 29.2 Å². The van der Waals surface area contributed by atoms with Gasteiger partial charge in [-0.2, -0.15) is 0 Å². The highest BCUT2D eigenvalue weighted by molar-refractivity contribution is 5.71. The summed E-state index contributed by atoms with van der Waals surface area (Å²) < 4.78 is 0. The average molecular weight is 441 g/mol. The topological polar surface area (TPSA) is 86.8 Å². The fourth-order valence-electron chi connectivity index (χ4n) is 3.64. The van der Waals surface area contributed by atoms with Crippen LogP contribution in [0.5, 0.6) is 0 Å². The van der Waals surface area contributed by atoms with Crippen molar-refractivity contribution < 1.29 is 15.1 Å². The van der Waals surface area contributed by atoms with Crippen molar-refractivity contribution in [3.05, 3.63) is 69.8 Å². The zero-order valence-electron chi connectivity index (χ0n) is 18.9. The molecule has 0 aliphatic carbocycles. The molecule has 0 aliphatic heterocycles. The van der Waals surface area contributed by atoms with Gasteiger partial charge in [0.2, 0.25) is 0 Å². The molecule has 0 spiro atoms. The summed E-state index contributed by atoms with van der Waals surface area (Å²) in [6, 6.07) is 15.0. The molecule has 0 aliphatic rings. The number of unbranched alkanes of at least 4 members (excludes halogenated alkanes) is 6. The summed E-state index contributed by atoms with van der Waals surface area (Å²) in [6.07, 6.45) is 12.1. The van der Waals surface area contributed by atoms with Gasteiger partial charge in [0.05, 0.1) is 4.92 Å². The molecule has 0 unspecified atom stereocenters. The van der Waals surface area contributed by atoms with Gasteiger partial charge in [-0.05, 0) is 48.9 Å².